The van der Waals surface area contributed by atoms with Crippen LogP contribution in [0.15, 0.2) is 23.1 Å². The van der Waals surface area contributed by atoms with Crippen molar-refractivity contribution in [2.75, 3.05) is 26.0 Å². The summed E-state index contributed by atoms with van der Waals surface area (Å²) in [5.41, 5.74) is 5.14. The van der Waals surface area contributed by atoms with E-state index in [1.54, 1.807) is 19.9 Å². The Hall–Kier alpha value is -2.91. The summed E-state index contributed by atoms with van der Waals surface area (Å²) < 4.78 is 31.5. The summed E-state index contributed by atoms with van der Waals surface area (Å²) in [6.45, 7) is 3.84. The van der Waals surface area contributed by atoms with E-state index in [-0.39, 0.29) is 23.4 Å². The van der Waals surface area contributed by atoms with Gasteiger partial charge in [0.05, 0.1) is 22.6 Å². The van der Waals surface area contributed by atoms with E-state index in [2.05, 4.69) is 10.3 Å². The van der Waals surface area contributed by atoms with Crippen molar-refractivity contribution in [2.45, 2.75) is 31.6 Å². The van der Waals surface area contributed by atoms with Crippen molar-refractivity contribution >= 4 is 38.7 Å². The molecule has 2 aromatic rings. The largest absolute Gasteiger partial charge is 0.462 e. The normalized spacial score (nSPS) is 17.8. The lowest BCUT2D eigenvalue weighted by molar-refractivity contribution is -0.110. The summed E-state index contributed by atoms with van der Waals surface area (Å²) in [7, 11) is -0.710. The Morgan fingerprint density at radius 1 is 1.23 bits per heavy atom. The number of rotatable bonds is 4. The SMILES string of the molecule is CCOC(=O)c1c(C)[nH]c2c1CC/C2=C1/C(=O)Nc2ccc(S(=O)(=O)N(C)C)cc21. The molecule has 1 aromatic heterocycles. The van der Waals surface area contributed by atoms with E-state index in [1.165, 1.54) is 26.2 Å². The number of nitrogens with one attached hydrogen (secondary N) is 2. The molecule has 1 aliphatic heterocycles. The molecule has 0 bridgehead atoms. The maximum atomic E-state index is 12.8. The first-order valence-electron chi connectivity index (χ1n) is 9.67. The van der Waals surface area contributed by atoms with E-state index >= 15 is 0 Å². The standard InChI is InChI=1S/C21H23N3O5S/c1-5-29-21(26)17-11(2)22-19-13(17)7-8-14(19)18-15-10-12(30(27,28)24(3)4)6-9-16(15)23-20(18)25/h6,9-10,22H,5,7-8H2,1-4H3,(H,23,25)/b18-14-. The van der Waals surface area contributed by atoms with Crippen molar-refractivity contribution in [1.29, 1.82) is 0 Å². The summed E-state index contributed by atoms with van der Waals surface area (Å²) in [4.78, 5) is 28.6. The molecule has 2 aliphatic rings. The number of esters is 1. The Morgan fingerprint density at radius 3 is 2.63 bits per heavy atom. The summed E-state index contributed by atoms with van der Waals surface area (Å²) in [5, 5.41) is 2.82. The molecule has 1 aromatic carbocycles. The second-order valence-electron chi connectivity index (χ2n) is 7.50. The van der Waals surface area contributed by atoms with E-state index in [1.807, 2.05) is 0 Å². The van der Waals surface area contributed by atoms with E-state index in [0.717, 1.165) is 21.1 Å². The van der Waals surface area contributed by atoms with Crippen LogP contribution in [0.2, 0.25) is 0 Å². The van der Waals surface area contributed by atoms with Crippen LogP contribution in [0.5, 0.6) is 0 Å². The van der Waals surface area contributed by atoms with Gasteiger partial charge in [-0.2, -0.15) is 0 Å². The Kier molecular flexibility index (Phi) is 4.82. The quantitative estimate of drug-likeness (QED) is 0.574. The minimum absolute atomic E-state index is 0.119. The van der Waals surface area contributed by atoms with Crippen LogP contribution >= 0.6 is 0 Å². The van der Waals surface area contributed by atoms with E-state index in [4.69, 9.17) is 4.74 Å². The van der Waals surface area contributed by atoms with Crippen LogP contribution in [-0.4, -0.2) is 50.3 Å². The minimum atomic E-state index is -3.64. The molecule has 2 N–H and O–H groups in total. The fourth-order valence-electron chi connectivity index (χ4n) is 4.11. The number of aryl methyl sites for hydroxylation is 1. The number of carbonyl (C=O) groups is 2. The third-order valence-corrected chi connectivity index (χ3v) is 7.32. The van der Waals surface area contributed by atoms with Gasteiger partial charge in [0.1, 0.15) is 0 Å². The van der Waals surface area contributed by atoms with Crippen molar-refractivity contribution in [3.05, 3.63) is 46.3 Å². The number of carbonyl (C=O) groups excluding carboxylic acids is 2. The number of H-pyrrole nitrogens is 1. The monoisotopic (exact) mass is 429 g/mol. The highest BCUT2D eigenvalue weighted by atomic mass is 32.2. The highest BCUT2D eigenvalue weighted by Crippen LogP contribution is 2.44. The maximum absolute atomic E-state index is 12.8. The number of aromatic nitrogens is 1. The number of hydrogen-bond acceptors (Lipinski definition) is 5. The van der Waals surface area contributed by atoms with Crippen molar-refractivity contribution in [3.63, 3.8) is 0 Å². The Balaban J connectivity index is 1.88. The van der Waals surface area contributed by atoms with Gasteiger partial charge < -0.3 is 15.0 Å². The van der Waals surface area contributed by atoms with Crippen LogP contribution in [0.4, 0.5) is 5.69 Å². The number of aromatic amines is 1. The zero-order valence-corrected chi connectivity index (χ0v) is 18.1. The molecule has 9 heteroatoms. The molecule has 4 rings (SSSR count). The smallest absolute Gasteiger partial charge is 0.340 e. The van der Waals surface area contributed by atoms with Gasteiger partial charge in [0.25, 0.3) is 5.91 Å². The highest BCUT2D eigenvalue weighted by Gasteiger charge is 2.35. The molecule has 0 saturated heterocycles. The van der Waals surface area contributed by atoms with E-state index in [9.17, 15) is 18.0 Å². The molecule has 0 spiro atoms. The average Bonchev–Trinajstić information content (AvgIpc) is 3.31. The molecular formula is C21H23N3O5S. The van der Waals surface area contributed by atoms with Crippen LogP contribution in [0.25, 0.3) is 11.1 Å². The second-order valence-corrected chi connectivity index (χ2v) is 9.65. The number of sulfonamides is 1. The molecule has 0 atom stereocenters. The average molecular weight is 429 g/mol. The predicted octanol–water partition coefficient (Wildman–Crippen LogP) is 2.56. The molecular weight excluding hydrogens is 406 g/mol. The van der Waals surface area contributed by atoms with Gasteiger partial charge in [-0.15, -0.1) is 0 Å². The van der Waals surface area contributed by atoms with Crippen molar-refractivity contribution < 1.29 is 22.7 Å². The van der Waals surface area contributed by atoms with Crippen LogP contribution in [-0.2, 0) is 26.0 Å². The predicted molar refractivity (Wildman–Crippen MR) is 113 cm³/mol. The Labute approximate surface area is 175 Å². The summed E-state index contributed by atoms with van der Waals surface area (Å²) in [5.74, 6) is -0.661. The highest BCUT2D eigenvalue weighted by molar-refractivity contribution is 7.89. The summed E-state index contributed by atoms with van der Waals surface area (Å²) >= 11 is 0. The molecule has 30 heavy (non-hydrogen) atoms. The molecule has 8 nitrogen and oxygen atoms in total. The number of anilines is 1. The van der Waals surface area contributed by atoms with Crippen LogP contribution in [0, 0.1) is 6.92 Å². The number of benzene rings is 1. The molecule has 1 aliphatic carbocycles. The molecule has 1 amide bonds. The number of amides is 1. The lowest BCUT2D eigenvalue weighted by Gasteiger charge is -2.12. The molecule has 2 heterocycles. The van der Waals surface area contributed by atoms with Gasteiger partial charge in [-0.3, -0.25) is 4.79 Å². The van der Waals surface area contributed by atoms with Crippen molar-refractivity contribution in [1.82, 2.24) is 9.29 Å². The van der Waals surface area contributed by atoms with Gasteiger partial charge in [0, 0.05) is 36.7 Å². The van der Waals surface area contributed by atoms with Crippen LogP contribution in [0.3, 0.4) is 0 Å². The first-order valence-corrected chi connectivity index (χ1v) is 11.1. The first kappa shape index (κ1) is 20.4. The Bertz CT molecular complexity index is 1220. The molecule has 0 unspecified atom stereocenters. The Morgan fingerprint density at radius 2 is 1.97 bits per heavy atom. The number of fused-ring (bicyclic) bond motifs is 2. The first-order chi connectivity index (χ1) is 14.2. The fraction of sp³-hybridized carbons (Fsp3) is 0.333. The van der Waals surface area contributed by atoms with Gasteiger partial charge in [-0.25, -0.2) is 17.5 Å². The lowest BCUT2D eigenvalue weighted by Crippen LogP contribution is -2.22. The molecule has 158 valence electrons. The molecule has 0 radical (unpaired) electrons. The number of ether oxygens (including phenoxy) is 1. The number of nitrogens with zero attached hydrogens (tertiary/aromatic N) is 1. The van der Waals surface area contributed by atoms with Gasteiger partial charge in [-0.05, 0) is 56.0 Å². The van der Waals surface area contributed by atoms with Crippen molar-refractivity contribution in [3.8, 4) is 0 Å². The lowest BCUT2D eigenvalue weighted by atomic mass is 9.99. The van der Waals surface area contributed by atoms with Gasteiger partial charge in [0.2, 0.25) is 10.0 Å². The maximum Gasteiger partial charge on any atom is 0.340 e. The van der Waals surface area contributed by atoms with Gasteiger partial charge in [-0.1, -0.05) is 0 Å². The third-order valence-electron chi connectivity index (χ3n) is 5.51. The zero-order valence-electron chi connectivity index (χ0n) is 17.3. The van der Waals surface area contributed by atoms with Crippen molar-refractivity contribution in [2.24, 2.45) is 0 Å². The van der Waals surface area contributed by atoms with E-state index in [0.29, 0.717) is 40.9 Å². The summed E-state index contributed by atoms with van der Waals surface area (Å²) in [6, 6.07) is 4.63. The number of allylic oxidation sites excluding steroid dienone is 1. The minimum Gasteiger partial charge on any atom is -0.462 e. The second kappa shape index (κ2) is 7.10. The molecule has 0 saturated carbocycles. The number of hydrogen-bond donors (Lipinski definition) is 2. The molecule has 0 fully saturated rings. The topological polar surface area (TPSA) is 109 Å². The summed E-state index contributed by atoms with van der Waals surface area (Å²) in [6.07, 6.45) is 1.17. The van der Waals surface area contributed by atoms with Gasteiger partial charge >= 0.3 is 5.97 Å². The zero-order chi connectivity index (χ0) is 21.8. The van der Waals surface area contributed by atoms with Crippen LogP contribution in [0.1, 0.15) is 46.2 Å². The fourth-order valence-corrected chi connectivity index (χ4v) is 5.03. The van der Waals surface area contributed by atoms with Gasteiger partial charge in [0.15, 0.2) is 0 Å². The van der Waals surface area contributed by atoms with Crippen LogP contribution < -0.4 is 5.32 Å². The third kappa shape index (κ3) is 2.96. The van der Waals surface area contributed by atoms with E-state index < -0.39 is 10.0 Å².